The van der Waals surface area contributed by atoms with Crippen molar-refractivity contribution in [2.45, 2.75) is 71.6 Å². The van der Waals surface area contributed by atoms with Crippen molar-refractivity contribution in [2.24, 2.45) is 11.8 Å². The molecule has 2 saturated heterocycles. The van der Waals surface area contributed by atoms with Gasteiger partial charge in [-0.1, -0.05) is 13.8 Å². The maximum Gasteiger partial charge on any atom is 0.0612 e. The highest BCUT2D eigenvalue weighted by Gasteiger charge is 2.31. The van der Waals surface area contributed by atoms with Crippen molar-refractivity contribution in [3.63, 3.8) is 0 Å². The lowest BCUT2D eigenvalue weighted by atomic mass is 9.91. The van der Waals surface area contributed by atoms with Crippen LogP contribution in [0.2, 0.25) is 0 Å². The van der Waals surface area contributed by atoms with Gasteiger partial charge in [-0.3, -0.25) is 4.90 Å². The minimum absolute atomic E-state index is 0.461. The summed E-state index contributed by atoms with van der Waals surface area (Å²) < 4.78 is 5.95. The van der Waals surface area contributed by atoms with E-state index in [1.165, 1.54) is 45.3 Å². The molecule has 0 bridgehead atoms. The Morgan fingerprint density at radius 1 is 1.10 bits per heavy atom. The number of hydrogen-bond donors (Lipinski definition) is 1. The van der Waals surface area contributed by atoms with E-state index in [2.05, 4.69) is 37.9 Å². The second kappa shape index (κ2) is 7.77. The minimum Gasteiger partial charge on any atom is -0.378 e. The summed E-state index contributed by atoms with van der Waals surface area (Å²) in [5.74, 6) is 1.53. The summed E-state index contributed by atoms with van der Waals surface area (Å²) in [7, 11) is 0. The van der Waals surface area contributed by atoms with E-state index >= 15 is 0 Å². The highest BCUT2D eigenvalue weighted by molar-refractivity contribution is 4.85. The van der Waals surface area contributed by atoms with Gasteiger partial charge in [-0.15, -0.1) is 0 Å². The van der Waals surface area contributed by atoms with Crippen molar-refractivity contribution in [1.29, 1.82) is 0 Å². The first-order chi connectivity index (χ1) is 9.58. The number of ether oxygens (including phenoxy) is 1. The average Bonchev–Trinajstić information content (AvgIpc) is 2.45. The van der Waals surface area contributed by atoms with Gasteiger partial charge >= 0.3 is 0 Å². The largest absolute Gasteiger partial charge is 0.378 e. The van der Waals surface area contributed by atoms with E-state index in [4.69, 9.17) is 4.74 Å². The van der Waals surface area contributed by atoms with Crippen LogP contribution in [0.5, 0.6) is 0 Å². The molecule has 2 aliphatic heterocycles. The Morgan fingerprint density at radius 3 is 2.40 bits per heavy atom. The molecule has 1 N–H and O–H groups in total. The maximum absolute atomic E-state index is 5.95. The van der Waals surface area contributed by atoms with Crippen LogP contribution in [0.4, 0.5) is 0 Å². The molecule has 0 aromatic carbocycles. The molecule has 2 heterocycles. The summed E-state index contributed by atoms with van der Waals surface area (Å²) >= 11 is 0. The van der Waals surface area contributed by atoms with Crippen LogP contribution in [-0.2, 0) is 4.74 Å². The Morgan fingerprint density at radius 2 is 1.80 bits per heavy atom. The summed E-state index contributed by atoms with van der Waals surface area (Å²) in [5, 5.41) is 3.48. The number of piperidine rings is 1. The molecule has 118 valence electrons. The van der Waals surface area contributed by atoms with Crippen molar-refractivity contribution in [1.82, 2.24) is 10.2 Å². The van der Waals surface area contributed by atoms with Crippen molar-refractivity contribution < 1.29 is 4.74 Å². The molecule has 0 aromatic rings. The molecule has 2 rings (SSSR count). The monoisotopic (exact) mass is 282 g/mol. The maximum atomic E-state index is 5.95. The lowest BCUT2D eigenvalue weighted by molar-refractivity contribution is -0.0572. The van der Waals surface area contributed by atoms with Crippen LogP contribution in [0, 0.1) is 11.8 Å². The zero-order chi connectivity index (χ0) is 14.5. The van der Waals surface area contributed by atoms with Gasteiger partial charge in [0.15, 0.2) is 0 Å². The molecule has 2 unspecified atom stereocenters. The summed E-state index contributed by atoms with van der Waals surface area (Å²) in [6.45, 7) is 14.0. The van der Waals surface area contributed by atoms with E-state index < -0.39 is 0 Å². The molecule has 2 aliphatic rings. The third kappa shape index (κ3) is 4.44. The molecular weight excluding hydrogens is 248 g/mol. The zero-order valence-corrected chi connectivity index (χ0v) is 13.9. The molecule has 3 heteroatoms. The summed E-state index contributed by atoms with van der Waals surface area (Å²) in [5.41, 5.74) is 0. The first kappa shape index (κ1) is 16.3. The van der Waals surface area contributed by atoms with Crippen LogP contribution >= 0.6 is 0 Å². The van der Waals surface area contributed by atoms with Crippen molar-refractivity contribution >= 4 is 0 Å². The van der Waals surface area contributed by atoms with Gasteiger partial charge in [-0.05, 0) is 64.5 Å². The normalized spacial score (nSPS) is 29.6. The summed E-state index contributed by atoms with van der Waals surface area (Å²) in [6, 6.07) is 1.38. The standard InChI is InChI=1S/C17H34N2O/c1-13(2)17-11-16(7-10-20-17)19(14(3)4)12-15-5-8-18-9-6-15/h13-18H,5-12H2,1-4H3. The van der Waals surface area contributed by atoms with Gasteiger partial charge in [-0.2, -0.15) is 0 Å². The van der Waals surface area contributed by atoms with Crippen LogP contribution < -0.4 is 5.32 Å². The smallest absolute Gasteiger partial charge is 0.0612 e. The Hall–Kier alpha value is -0.120. The van der Waals surface area contributed by atoms with Crippen molar-refractivity contribution in [2.75, 3.05) is 26.2 Å². The van der Waals surface area contributed by atoms with Crippen LogP contribution in [-0.4, -0.2) is 49.3 Å². The van der Waals surface area contributed by atoms with Crippen LogP contribution in [0.3, 0.4) is 0 Å². The molecule has 0 spiro atoms. The average molecular weight is 282 g/mol. The quantitative estimate of drug-likeness (QED) is 0.839. The first-order valence-electron chi connectivity index (χ1n) is 8.66. The fraction of sp³-hybridized carbons (Fsp3) is 1.00. The lowest BCUT2D eigenvalue weighted by Gasteiger charge is -2.43. The molecule has 0 saturated carbocycles. The number of hydrogen-bond acceptors (Lipinski definition) is 3. The molecule has 2 atom stereocenters. The summed E-state index contributed by atoms with van der Waals surface area (Å²) in [4.78, 5) is 2.77. The predicted molar refractivity (Wildman–Crippen MR) is 85.0 cm³/mol. The lowest BCUT2D eigenvalue weighted by Crippen LogP contribution is -2.49. The van der Waals surface area contributed by atoms with Gasteiger partial charge in [0.1, 0.15) is 0 Å². The molecule has 20 heavy (non-hydrogen) atoms. The molecule has 2 fully saturated rings. The third-order valence-corrected chi connectivity index (χ3v) is 5.09. The molecule has 0 radical (unpaired) electrons. The molecule has 0 amide bonds. The fourth-order valence-electron chi connectivity index (χ4n) is 3.72. The van der Waals surface area contributed by atoms with E-state index in [1.54, 1.807) is 0 Å². The second-order valence-corrected chi connectivity index (χ2v) is 7.32. The van der Waals surface area contributed by atoms with Crippen molar-refractivity contribution in [3.05, 3.63) is 0 Å². The Bertz CT molecular complexity index is 274. The number of rotatable bonds is 5. The van der Waals surface area contributed by atoms with E-state index in [-0.39, 0.29) is 0 Å². The third-order valence-electron chi connectivity index (χ3n) is 5.09. The van der Waals surface area contributed by atoms with E-state index in [9.17, 15) is 0 Å². The second-order valence-electron chi connectivity index (χ2n) is 7.32. The van der Waals surface area contributed by atoms with Gasteiger partial charge < -0.3 is 10.1 Å². The highest BCUT2D eigenvalue weighted by atomic mass is 16.5. The van der Waals surface area contributed by atoms with E-state index in [1.807, 2.05) is 0 Å². The first-order valence-corrected chi connectivity index (χ1v) is 8.66. The van der Waals surface area contributed by atoms with Gasteiger partial charge in [-0.25, -0.2) is 0 Å². The Kier molecular flexibility index (Phi) is 6.31. The van der Waals surface area contributed by atoms with Crippen LogP contribution in [0.1, 0.15) is 53.4 Å². The van der Waals surface area contributed by atoms with Crippen LogP contribution in [0.15, 0.2) is 0 Å². The summed E-state index contributed by atoms with van der Waals surface area (Å²) in [6.07, 6.45) is 5.59. The molecule has 0 aliphatic carbocycles. The molecule has 3 nitrogen and oxygen atoms in total. The minimum atomic E-state index is 0.461. The van der Waals surface area contributed by atoms with Crippen LogP contribution in [0.25, 0.3) is 0 Å². The fourth-order valence-corrected chi connectivity index (χ4v) is 3.72. The highest BCUT2D eigenvalue weighted by Crippen LogP contribution is 2.27. The van der Waals surface area contributed by atoms with Gasteiger partial charge in [0.2, 0.25) is 0 Å². The van der Waals surface area contributed by atoms with E-state index in [0.29, 0.717) is 18.1 Å². The SMILES string of the molecule is CC(C)C1CC(N(CC2CCNCC2)C(C)C)CCO1. The van der Waals surface area contributed by atoms with E-state index in [0.717, 1.165) is 18.6 Å². The van der Waals surface area contributed by atoms with Crippen molar-refractivity contribution in [3.8, 4) is 0 Å². The molecule has 0 aromatic heterocycles. The number of nitrogens with one attached hydrogen (secondary N) is 1. The predicted octanol–water partition coefficient (Wildman–Crippen LogP) is 2.90. The topological polar surface area (TPSA) is 24.5 Å². The Labute approximate surface area is 125 Å². The Balaban J connectivity index is 1.92. The van der Waals surface area contributed by atoms with Gasteiger partial charge in [0.05, 0.1) is 6.10 Å². The zero-order valence-electron chi connectivity index (χ0n) is 13.9. The van der Waals surface area contributed by atoms with Gasteiger partial charge in [0.25, 0.3) is 0 Å². The number of nitrogens with zero attached hydrogens (tertiary/aromatic N) is 1. The molecular formula is C17H34N2O. The van der Waals surface area contributed by atoms with Gasteiger partial charge in [0, 0.05) is 25.2 Å².